The van der Waals surface area contributed by atoms with E-state index in [1.165, 1.54) is 16.3 Å². The highest BCUT2D eigenvalue weighted by atomic mass is 15.1. The van der Waals surface area contributed by atoms with E-state index in [0.29, 0.717) is 0 Å². The summed E-state index contributed by atoms with van der Waals surface area (Å²) in [5.41, 5.74) is 0.760. The molecule has 0 N–H and O–H groups in total. The quantitative estimate of drug-likeness (QED) is 0.821. The molecule has 2 heteroatoms. The maximum absolute atomic E-state index is 9.40. The van der Waals surface area contributed by atoms with E-state index in [0.717, 1.165) is 6.42 Å². The van der Waals surface area contributed by atoms with Gasteiger partial charge in [0, 0.05) is 6.42 Å². The molecule has 0 amide bonds. The summed E-state index contributed by atoms with van der Waals surface area (Å²) in [5.74, 6) is 0. The maximum atomic E-state index is 9.40. The van der Waals surface area contributed by atoms with Crippen LogP contribution in [0.25, 0.3) is 10.8 Å². The molecule has 1 atom stereocenters. The Morgan fingerprint density at radius 1 is 1.11 bits per heavy atom. The van der Waals surface area contributed by atoms with Crippen LogP contribution in [0.5, 0.6) is 0 Å². The van der Waals surface area contributed by atoms with Gasteiger partial charge in [0.15, 0.2) is 0 Å². The summed E-state index contributed by atoms with van der Waals surface area (Å²) in [7, 11) is 3.91. The van der Waals surface area contributed by atoms with E-state index in [9.17, 15) is 5.26 Å². The second-order valence-corrected chi connectivity index (χ2v) is 5.10. The zero-order valence-corrected chi connectivity index (χ0v) is 11.1. The number of likely N-dealkylation sites (N-methyl/N-ethyl adjacent to an activating group) is 1. The van der Waals surface area contributed by atoms with Crippen LogP contribution in [0.15, 0.2) is 42.5 Å². The third-order valence-corrected chi connectivity index (χ3v) is 3.64. The molecule has 92 valence electrons. The molecule has 18 heavy (non-hydrogen) atoms. The molecular formula is C16H18N2. The summed E-state index contributed by atoms with van der Waals surface area (Å²) >= 11 is 0. The molecule has 0 saturated heterocycles. The highest BCUT2D eigenvalue weighted by molar-refractivity contribution is 5.85. The van der Waals surface area contributed by atoms with Gasteiger partial charge in [0.1, 0.15) is 5.54 Å². The number of benzene rings is 2. The summed E-state index contributed by atoms with van der Waals surface area (Å²) in [6.07, 6.45) is 0.734. The molecular weight excluding hydrogens is 220 g/mol. The van der Waals surface area contributed by atoms with E-state index in [1.807, 2.05) is 38.1 Å². The van der Waals surface area contributed by atoms with Crippen molar-refractivity contribution in [2.24, 2.45) is 0 Å². The second-order valence-electron chi connectivity index (χ2n) is 5.10. The molecule has 1 unspecified atom stereocenters. The molecule has 2 aromatic rings. The lowest BCUT2D eigenvalue weighted by molar-refractivity contribution is 0.237. The predicted molar refractivity (Wildman–Crippen MR) is 75.4 cm³/mol. The van der Waals surface area contributed by atoms with Gasteiger partial charge in [-0.2, -0.15) is 5.26 Å². The molecule has 0 aromatic heterocycles. The van der Waals surface area contributed by atoms with Crippen molar-refractivity contribution in [2.75, 3.05) is 14.1 Å². The fourth-order valence-electron chi connectivity index (χ4n) is 2.12. The Balaban J connectivity index is 2.47. The molecule has 0 fully saturated rings. The first-order chi connectivity index (χ1) is 8.57. The van der Waals surface area contributed by atoms with E-state index in [4.69, 9.17) is 0 Å². The minimum Gasteiger partial charge on any atom is -0.292 e. The second kappa shape index (κ2) is 4.80. The molecule has 2 rings (SSSR count). The predicted octanol–water partition coefficient (Wildman–Crippen LogP) is 3.23. The van der Waals surface area contributed by atoms with Gasteiger partial charge in [-0.1, -0.05) is 42.5 Å². The van der Waals surface area contributed by atoms with Gasteiger partial charge in [0.25, 0.3) is 0 Å². The van der Waals surface area contributed by atoms with Crippen LogP contribution in [0.1, 0.15) is 12.5 Å². The highest BCUT2D eigenvalue weighted by Crippen LogP contribution is 2.24. The van der Waals surface area contributed by atoms with Crippen LogP contribution >= 0.6 is 0 Å². The molecule has 0 radical (unpaired) electrons. The molecule has 0 spiro atoms. The fourth-order valence-corrected chi connectivity index (χ4v) is 2.12. The average Bonchev–Trinajstić information content (AvgIpc) is 2.39. The Morgan fingerprint density at radius 2 is 1.78 bits per heavy atom. The number of nitriles is 1. The molecule has 0 aliphatic carbocycles. The Bertz CT molecular complexity index is 590. The smallest absolute Gasteiger partial charge is 0.109 e. The van der Waals surface area contributed by atoms with Crippen molar-refractivity contribution in [3.8, 4) is 6.07 Å². The van der Waals surface area contributed by atoms with Crippen LogP contribution in [0.2, 0.25) is 0 Å². The first-order valence-electron chi connectivity index (χ1n) is 6.12. The Morgan fingerprint density at radius 3 is 2.44 bits per heavy atom. The van der Waals surface area contributed by atoms with Crippen molar-refractivity contribution in [1.29, 1.82) is 5.26 Å². The summed E-state index contributed by atoms with van der Waals surface area (Å²) in [4.78, 5) is 1.98. The minimum absolute atomic E-state index is 0.468. The highest BCUT2D eigenvalue weighted by Gasteiger charge is 2.27. The lowest BCUT2D eigenvalue weighted by Crippen LogP contribution is -2.41. The fraction of sp³-hybridized carbons (Fsp3) is 0.312. The van der Waals surface area contributed by atoms with Crippen molar-refractivity contribution in [1.82, 2.24) is 4.90 Å². The van der Waals surface area contributed by atoms with Crippen LogP contribution in [-0.4, -0.2) is 24.5 Å². The van der Waals surface area contributed by atoms with Gasteiger partial charge in [0.05, 0.1) is 6.07 Å². The average molecular weight is 238 g/mol. The first kappa shape index (κ1) is 12.6. The van der Waals surface area contributed by atoms with Gasteiger partial charge < -0.3 is 0 Å². The van der Waals surface area contributed by atoms with Crippen molar-refractivity contribution >= 4 is 10.8 Å². The molecule has 0 bridgehead atoms. The number of hydrogen-bond acceptors (Lipinski definition) is 2. The molecule has 0 saturated carbocycles. The molecule has 0 aliphatic rings. The number of rotatable bonds is 3. The van der Waals surface area contributed by atoms with E-state index in [-0.39, 0.29) is 0 Å². The van der Waals surface area contributed by atoms with Crippen LogP contribution in [-0.2, 0) is 6.42 Å². The first-order valence-corrected chi connectivity index (χ1v) is 6.12. The largest absolute Gasteiger partial charge is 0.292 e. The topological polar surface area (TPSA) is 27.0 Å². The van der Waals surface area contributed by atoms with Gasteiger partial charge in [-0.3, -0.25) is 4.90 Å². The normalized spacial score (nSPS) is 14.4. The monoisotopic (exact) mass is 238 g/mol. The summed E-state index contributed by atoms with van der Waals surface area (Å²) < 4.78 is 0. The lowest BCUT2D eigenvalue weighted by atomic mass is 9.90. The van der Waals surface area contributed by atoms with E-state index >= 15 is 0 Å². The van der Waals surface area contributed by atoms with Crippen molar-refractivity contribution < 1.29 is 0 Å². The van der Waals surface area contributed by atoms with E-state index < -0.39 is 5.54 Å². The van der Waals surface area contributed by atoms with Gasteiger partial charge in [0.2, 0.25) is 0 Å². The van der Waals surface area contributed by atoms with Crippen molar-refractivity contribution in [3.63, 3.8) is 0 Å². The molecule has 2 aromatic carbocycles. The third-order valence-electron chi connectivity index (χ3n) is 3.64. The van der Waals surface area contributed by atoms with E-state index in [2.05, 4.69) is 36.4 Å². The summed E-state index contributed by atoms with van der Waals surface area (Å²) in [6, 6.07) is 17.0. The van der Waals surface area contributed by atoms with Crippen LogP contribution in [0.3, 0.4) is 0 Å². The standard InChI is InChI=1S/C16H18N2/c1-16(12-17,18(2)3)11-14-9-6-8-13-7-4-5-10-15(13)14/h4-10H,11H2,1-3H3. The van der Waals surface area contributed by atoms with Gasteiger partial charge in [-0.15, -0.1) is 0 Å². The molecule has 0 heterocycles. The molecule has 2 nitrogen and oxygen atoms in total. The molecule has 0 aliphatic heterocycles. The number of fused-ring (bicyclic) bond motifs is 1. The SMILES string of the molecule is CN(C)C(C)(C#N)Cc1cccc2ccccc12. The van der Waals surface area contributed by atoms with Crippen LogP contribution in [0.4, 0.5) is 0 Å². The van der Waals surface area contributed by atoms with Crippen LogP contribution in [0, 0.1) is 11.3 Å². The van der Waals surface area contributed by atoms with Gasteiger partial charge >= 0.3 is 0 Å². The Kier molecular flexibility index (Phi) is 3.36. The van der Waals surface area contributed by atoms with Gasteiger partial charge in [-0.25, -0.2) is 0 Å². The van der Waals surface area contributed by atoms with E-state index in [1.54, 1.807) is 0 Å². The van der Waals surface area contributed by atoms with Gasteiger partial charge in [-0.05, 0) is 37.4 Å². The lowest BCUT2D eigenvalue weighted by Gasteiger charge is -2.29. The Labute approximate surface area is 108 Å². The Hall–Kier alpha value is -1.85. The zero-order chi connectivity index (χ0) is 13.2. The summed E-state index contributed by atoms with van der Waals surface area (Å²) in [5, 5.41) is 11.9. The third kappa shape index (κ3) is 2.23. The van der Waals surface area contributed by atoms with Crippen molar-refractivity contribution in [2.45, 2.75) is 18.9 Å². The maximum Gasteiger partial charge on any atom is 0.109 e. The number of nitrogens with zero attached hydrogens (tertiary/aromatic N) is 2. The van der Waals surface area contributed by atoms with Crippen LogP contribution < -0.4 is 0 Å². The minimum atomic E-state index is -0.468. The summed E-state index contributed by atoms with van der Waals surface area (Å²) in [6.45, 7) is 1.98. The zero-order valence-electron chi connectivity index (χ0n) is 11.1. The number of hydrogen-bond donors (Lipinski definition) is 0. The van der Waals surface area contributed by atoms with Crippen molar-refractivity contribution in [3.05, 3.63) is 48.0 Å².